The van der Waals surface area contributed by atoms with E-state index in [0.29, 0.717) is 24.3 Å². The van der Waals surface area contributed by atoms with Gasteiger partial charge in [-0.1, -0.05) is 0 Å². The van der Waals surface area contributed by atoms with Gasteiger partial charge in [0.25, 0.3) is 5.91 Å². The molecule has 8 nitrogen and oxygen atoms in total. The number of carbonyl (C=O) groups is 3. The second-order valence-electron chi connectivity index (χ2n) is 7.82. The Morgan fingerprint density at radius 1 is 1.07 bits per heavy atom. The summed E-state index contributed by atoms with van der Waals surface area (Å²) in [7, 11) is 2.03. The number of likely N-dealkylation sites (N-methyl/N-ethyl adjacent to an activating group) is 1. The number of amides is 2. The van der Waals surface area contributed by atoms with Crippen LogP contribution in [0.15, 0.2) is 18.2 Å². The van der Waals surface area contributed by atoms with E-state index >= 15 is 0 Å². The third kappa shape index (κ3) is 3.32. The highest BCUT2D eigenvalue weighted by Crippen LogP contribution is 2.40. The van der Waals surface area contributed by atoms with Crippen LogP contribution in [-0.4, -0.2) is 85.0 Å². The predicted octanol–water partition coefficient (Wildman–Crippen LogP) is 0.864. The molecule has 0 saturated carbocycles. The molecule has 8 heteroatoms. The van der Waals surface area contributed by atoms with Crippen molar-refractivity contribution < 1.29 is 19.5 Å². The van der Waals surface area contributed by atoms with E-state index in [1.165, 1.54) is 4.90 Å². The zero-order chi connectivity index (χ0) is 19.8. The molecule has 1 unspecified atom stereocenters. The van der Waals surface area contributed by atoms with Crippen molar-refractivity contribution in [3.63, 3.8) is 0 Å². The van der Waals surface area contributed by atoms with E-state index in [-0.39, 0.29) is 24.4 Å². The largest absolute Gasteiger partial charge is 0.480 e. The first-order valence-electron chi connectivity index (χ1n) is 9.87. The molecule has 150 valence electrons. The molecular formula is C20H26N4O4. The van der Waals surface area contributed by atoms with Crippen LogP contribution in [0, 0.1) is 0 Å². The Balaban J connectivity index is 1.68. The Labute approximate surface area is 164 Å². The minimum Gasteiger partial charge on any atom is -0.480 e. The summed E-state index contributed by atoms with van der Waals surface area (Å²) in [5.74, 6) is -1.31. The number of piperazine rings is 1. The van der Waals surface area contributed by atoms with Crippen LogP contribution in [0.25, 0.3) is 0 Å². The number of nitrogens with zero attached hydrogens (tertiary/aromatic N) is 4. The smallest absolute Gasteiger partial charge is 0.323 e. The molecule has 28 heavy (non-hydrogen) atoms. The first-order chi connectivity index (χ1) is 13.5. The molecule has 1 aromatic carbocycles. The maximum absolute atomic E-state index is 13.0. The Kier molecular flexibility index (Phi) is 4.97. The van der Waals surface area contributed by atoms with Crippen LogP contribution in [0.5, 0.6) is 0 Å². The van der Waals surface area contributed by atoms with Crippen molar-refractivity contribution in [3.8, 4) is 0 Å². The molecule has 3 heterocycles. The van der Waals surface area contributed by atoms with Crippen LogP contribution in [0.1, 0.15) is 29.6 Å². The lowest BCUT2D eigenvalue weighted by Gasteiger charge is -2.45. The molecule has 0 bridgehead atoms. The number of hydrogen-bond acceptors (Lipinski definition) is 5. The molecular weight excluding hydrogens is 360 g/mol. The van der Waals surface area contributed by atoms with Crippen molar-refractivity contribution in [1.29, 1.82) is 0 Å². The topological polar surface area (TPSA) is 84.4 Å². The van der Waals surface area contributed by atoms with Crippen molar-refractivity contribution in [2.75, 3.05) is 56.1 Å². The van der Waals surface area contributed by atoms with Crippen LogP contribution >= 0.6 is 0 Å². The van der Waals surface area contributed by atoms with Crippen LogP contribution in [0.4, 0.5) is 11.4 Å². The van der Waals surface area contributed by atoms with Gasteiger partial charge in [0.1, 0.15) is 12.6 Å². The number of carboxylic acid groups (broad SMARTS) is 1. The number of hydrogen-bond donors (Lipinski definition) is 1. The highest BCUT2D eigenvalue weighted by atomic mass is 16.4. The maximum atomic E-state index is 13.0. The highest BCUT2D eigenvalue weighted by molar-refractivity contribution is 6.09. The number of carbonyl (C=O) groups excluding carboxylic acids is 2. The van der Waals surface area contributed by atoms with E-state index in [0.717, 1.165) is 44.6 Å². The SMILES string of the molecule is CN1CCN(C(=O)c2ccc3c(c2)N(CC(=O)O)C(=O)C2CCCCN32)CC1. The van der Waals surface area contributed by atoms with E-state index in [2.05, 4.69) is 9.80 Å². The van der Waals surface area contributed by atoms with Crippen LogP contribution < -0.4 is 9.80 Å². The average Bonchev–Trinajstić information content (AvgIpc) is 2.70. The van der Waals surface area contributed by atoms with Gasteiger partial charge in [-0.2, -0.15) is 0 Å². The van der Waals surface area contributed by atoms with Gasteiger partial charge in [0, 0.05) is 38.3 Å². The summed E-state index contributed by atoms with van der Waals surface area (Å²) in [6, 6.07) is 5.07. The second kappa shape index (κ2) is 7.43. The van der Waals surface area contributed by atoms with Gasteiger partial charge in [0.15, 0.2) is 0 Å². The van der Waals surface area contributed by atoms with Gasteiger partial charge in [0.05, 0.1) is 11.4 Å². The molecule has 3 aliphatic heterocycles. The summed E-state index contributed by atoms with van der Waals surface area (Å²) in [5, 5.41) is 9.33. The zero-order valence-corrected chi connectivity index (χ0v) is 16.1. The van der Waals surface area contributed by atoms with E-state index in [9.17, 15) is 19.5 Å². The van der Waals surface area contributed by atoms with Crippen LogP contribution in [-0.2, 0) is 9.59 Å². The fourth-order valence-corrected chi connectivity index (χ4v) is 4.38. The monoisotopic (exact) mass is 386 g/mol. The first kappa shape index (κ1) is 18.7. The average molecular weight is 386 g/mol. The van der Waals surface area contributed by atoms with Crippen LogP contribution in [0.3, 0.4) is 0 Å². The molecule has 0 radical (unpaired) electrons. The molecule has 2 fully saturated rings. The molecule has 0 aliphatic carbocycles. The minimum atomic E-state index is -1.06. The zero-order valence-electron chi connectivity index (χ0n) is 16.1. The number of anilines is 2. The Hall–Kier alpha value is -2.61. The number of aliphatic carboxylic acids is 1. The third-order valence-electron chi connectivity index (χ3n) is 5.96. The van der Waals surface area contributed by atoms with Crippen molar-refractivity contribution in [2.24, 2.45) is 0 Å². The van der Waals surface area contributed by atoms with Gasteiger partial charge in [-0.25, -0.2) is 0 Å². The second-order valence-corrected chi connectivity index (χ2v) is 7.82. The van der Waals surface area contributed by atoms with Crippen LogP contribution in [0.2, 0.25) is 0 Å². The highest BCUT2D eigenvalue weighted by Gasteiger charge is 2.40. The van der Waals surface area contributed by atoms with Crippen molar-refractivity contribution in [1.82, 2.24) is 9.80 Å². The molecule has 2 saturated heterocycles. The molecule has 1 atom stereocenters. The lowest BCUT2D eigenvalue weighted by atomic mass is 9.95. The maximum Gasteiger partial charge on any atom is 0.323 e. The lowest BCUT2D eigenvalue weighted by molar-refractivity contribution is -0.137. The van der Waals surface area contributed by atoms with Gasteiger partial charge in [-0.15, -0.1) is 0 Å². The number of fused-ring (bicyclic) bond motifs is 3. The van der Waals surface area contributed by atoms with Crippen molar-refractivity contribution >= 4 is 29.2 Å². The van der Waals surface area contributed by atoms with E-state index in [1.807, 2.05) is 18.0 Å². The van der Waals surface area contributed by atoms with E-state index in [1.54, 1.807) is 12.1 Å². The first-order valence-corrected chi connectivity index (χ1v) is 9.87. The summed E-state index contributed by atoms with van der Waals surface area (Å²) in [6.45, 7) is 3.38. The number of carboxylic acids is 1. The standard InChI is InChI=1S/C20H26N4O4/c1-21-8-10-22(11-9-21)19(27)14-5-6-15-17(12-14)24(13-18(25)26)20(28)16-4-2-3-7-23(15)16/h5-6,12,16H,2-4,7-11,13H2,1H3,(H,25,26). The molecule has 0 spiro atoms. The van der Waals surface area contributed by atoms with E-state index < -0.39 is 5.97 Å². The molecule has 2 amide bonds. The van der Waals surface area contributed by atoms with Gasteiger partial charge < -0.3 is 19.8 Å². The summed E-state index contributed by atoms with van der Waals surface area (Å²) in [4.78, 5) is 44.8. The molecule has 1 N–H and O–H groups in total. The third-order valence-corrected chi connectivity index (χ3v) is 5.96. The molecule has 4 rings (SSSR count). The molecule has 1 aromatic rings. The normalized spacial score (nSPS) is 22.7. The number of piperidine rings is 1. The summed E-state index contributed by atoms with van der Waals surface area (Å²) in [6.07, 6.45) is 2.70. The van der Waals surface area contributed by atoms with Gasteiger partial charge >= 0.3 is 5.97 Å². The van der Waals surface area contributed by atoms with Crippen molar-refractivity contribution in [3.05, 3.63) is 23.8 Å². The molecule has 3 aliphatic rings. The molecule has 0 aromatic heterocycles. The fourth-order valence-electron chi connectivity index (χ4n) is 4.38. The lowest BCUT2D eigenvalue weighted by Crippen LogP contribution is -2.56. The van der Waals surface area contributed by atoms with Gasteiger partial charge in [-0.3, -0.25) is 19.3 Å². The Morgan fingerprint density at radius 3 is 2.54 bits per heavy atom. The van der Waals surface area contributed by atoms with Gasteiger partial charge in [0.2, 0.25) is 5.91 Å². The van der Waals surface area contributed by atoms with Crippen molar-refractivity contribution in [2.45, 2.75) is 25.3 Å². The minimum absolute atomic E-state index is 0.0700. The summed E-state index contributed by atoms with van der Waals surface area (Å²) in [5.41, 5.74) is 1.88. The van der Waals surface area contributed by atoms with Gasteiger partial charge in [-0.05, 0) is 44.5 Å². The van der Waals surface area contributed by atoms with E-state index in [4.69, 9.17) is 0 Å². The number of rotatable bonds is 3. The predicted molar refractivity (Wildman–Crippen MR) is 105 cm³/mol. The fraction of sp³-hybridized carbons (Fsp3) is 0.550. The number of benzene rings is 1. The quantitative estimate of drug-likeness (QED) is 0.830. The Morgan fingerprint density at radius 2 is 1.82 bits per heavy atom. The Bertz CT molecular complexity index is 803. The summed E-state index contributed by atoms with van der Waals surface area (Å²) < 4.78 is 0. The summed E-state index contributed by atoms with van der Waals surface area (Å²) >= 11 is 0.